The smallest absolute Gasteiger partial charge is 0.652 e. The van der Waals surface area contributed by atoms with Crippen molar-refractivity contribution >= 4 is 12.3 Å². The van der Waals surface area contributed by atoms with Crippen LogP contribution >= 0.6 is 0 Å². The zero-order chi connectivity index (χ0) is 7.15. The minimum absolute atomic E-state index is 0. The second-order valence-electron chi connectivity index (χ2n) is 0.500. The summed E-state index contributed by atoms with van der Waals surface area (Å²) < 4.78 is 0. The molecule has 12 heavy (non-hydrogen) atoms. The molecule has 74 valence electrons. The van der Waals surface area contributed by atoms with Crippen LogP contribution in [0.3, 0.4) is 0 Å². The van der Waals surface area contributed by atoms with Gasteiger partial charge in [0, 0.05) is 0 Å². The van der Waals surface area contributed by atoms with Gasteiger partial charge in [0.2, 0.25) is 0 Å². The van der Waals surface area contributed by atoms with Gasteiger partial charge < -0.3 is 30.0 Å². The molecule has 0 N–H and O–H groups in total. The fourth-order valence-corrected chi connectivity index (χ4v) is 0. The normalized spacial score (nSPS) is 4.00. The molecule has 0 rings (SSSR count). The first kappa shape index (κ1) is 39.0. The van der Waals surface area contributed by atoms with Gasteiger partial charge >= 0.3 is 67.1 Å². The van der Waals surface area contributed by atoms with E-state index in [9.17, 15) is 0 Å². The van der Waals surface area contributed by atoms with Crippen molar-refractivity contribution in [3.05, 3.63) is 0 Å². The molecule has 0 unspecified atom stereocenters. The molecule has 0 heterocycles. The fraction of sp³-hybridized carbons (Fsp3) is 0. The van der Waals surface area contributed by atoms with Crippen LogP contribution in [0.25, 0.3) is 0 Å². The van der Waals surface area contributed by atoms with Gasteiger partial charge in [0.15, 0.2) is 0 Å². The van der Waals surface area contributed by atoms with Crippen LogP contribution in [0.4, 0.5) is 9.59 Å². The van der Waals surface area contributed by atoms with E-state index in [-0.39, 0.29) is 67.1 Å². The van der Waals surface area contributed by atoms with Gasteiger partial charge in [-0.05, 0) is 12.3 Å². The molecule has 0 aromatic heterocycles. The van der Waals surface area contributed by atoms with Crippen molar-refractivity contribution in [2.75, 3.05) is 0 Å². The van der Waals surface area contributed by atoms with Gasteiger partial charge in [0.25, 0.3) is 0 Å². The summed E-state index contributed by atoms with van der Waals surface area (Å²) in [6.45, 7) is 0. The minimum Gasteiger partial charge on any atom is -0.652 e. The molecule has 2 radical (unpaired) electrons. The third kappa shape index (κ3) is 3020. The van der Waals surface area contributed by atoms with Crippen LogP contribution in [-0.4, -0.2) is 12.3 Å². The van der Waals surface area contributed by atoms with Gasteiger partial charge in [-0.2, -0.15) is 0 Å². The maximum absolute atomic E-state index is 8.33. The Morgan fingerprint density at radius 3 is 0.667 bits per heavy atom. The Labute approximate surface area is 109 Å². The van der Waals surface area contributed by atoms with Crippen molar-refractivity contribution in [3.63, 3.8) is 0 Å². The number of carbonyl (C=O) groups is 2. The molecule has 10 heteroatoms. The van der Waals surface area contributed by atoms with Crippen molar-refractivity contribution < 1.29 is 97.1 Å². The Bertz CT molecular complexity index is 79.5. The molecular formula is C2Mn2Ni2O6+4. The molecule has 0 fully saturated rings. The van der Waals surface area contributed by atoms with Gasteiger partial charge in [-0.25, -0.2) is 0 Å². The summed E-state index contributed by atoms with van der Waals surface area (Å²) in [5.74, 6) is 0. The van der Waals surface area contributed by atoms with Crippen LogP contribution in [-0.2, 0) is 67.1 Å². The summed E-state index contributed by atoms with van der Waals surface area (Å²) in [5, 5.41) is 33.3. The van der Waals surface area contributed by atoms with Crippen molar-refractivity contribution in [2.24, 2.45) is 0 Å². The van der Waals surface area contributed by atoms with Crippen molar-refractivity contribution in [1.29, 1.82) is 0 Å². The first-order chi connectivity index (χ1) is 3.46. The van der Waals surface area contributed by atoms with E-state index >= 15 is 0 Å². The Morgan fingerprint density at radius 2 is 0.667 bits per heavy atom. The summed E-state index contributed by atoms with van der Waals surface area (Å²) in [4.78, 5) is 16.7. The summed E-state index contributed by atoms with van der Waals surface area (Å²) in [5.41, 5.74) is 0. The zero-order valence-corrected chi connectivity index (χ0v) is 9.17. The van der Waals surface area contributed by atoms with Gasteiger partial charge in [0.1, 0.15) is 0 Å². The van der Waals surface area contributed by atoms with Crippen LogP contribution in [0.1, 0.15) is 0 Å². The summed E-state index contributed by atoms with van der Waals surface area (Å²) in [7, 11) is 0. The molecule has 0 aliphatic rings. The third-order valence-corrected chi connectivity index (χ3v) is 0. The van der Waals surface area contributed by atoms with E-state index in [1.54, 1.807) is 0 Å². The number of hydrogen-bond donors (Lipinski definition) is 0. The molecule has 0 spiro atoms. The van der Waals surface area contributed by atoms with E-state index in [1.165, 1.54) is 0 Å². The first-order valence-electron chi connectivity index (χ1n) is 1.22. The van der Waals surface area contributed by atoms with Crippen molar-refractivity contribution in [3.8, 4) is 0 Å². The van der Waals surface area contributed by atoms with Crippen molar-refractivity contribution in [2.45, 2.75) is 0 Å². The molecule has 0 saturated carbocycles. The summed E-state index contributed by atoms with van der Waals surface area (Å²) >= 11 is 0. The monoisotopic (exact) mass is 346 g/mol. The zero-order valence-electron chi connectivity index (χ0n) is 4.84. The molecule has 6 nitrogen and oxygen atoms in total. The topological polar surface area (TPSA) is 126 Å². The van der Waals surface area contributed by atoms with Crippen LogP contribution < -0.4 is 20.4 Å². The Balaban J connectivity index is -0.0000000112. The SMILES string of the molecule is O=C([O-])[O-].O=C([O-])[O-].[Mn+2].[Mn+2].[Ni+2].[Ni+2]. The van der Waals surface area contributed by atoms with Gasteiger partial charge in [-0.3, -0.25) is 0 Å². The van der Waals surface area contributed by atoms with Crippen LogP contribution in [0, 0.1) is 0 Å². The molecule has 0 saturated heterocycles. The Morgan fingerprint density at radius 1 is 0.667 bits per heavy atom. The molecule has 0 amide bonds. The van der Waals surface area contributed by atoms with E-state index in [2.05, 4.69) is 0 Å². The first-order valence-corrected chi connectivity index (χ1v) is 1.22. The quantitative estimate of drug-likeness (QED) is 0.404. The van der Waals surface area contributed by atoms with E-state index in [4.69, 9.17) is 30.0 Å². The van der Waals surface area contributed by atoms with E-state index in [0.29, 0.717) is 0 Å². The average Bonchev–Trinajstić information content (AvgIpc) is 1.25. The Kier molecular flexibility index (Phi) is 97.3. The maximum atomic E-state index is 8.33. The fourth-order valence-electron chi connectivity index (χ4n) is 0. The molecular weight excluding hydrogens is 347 g/mol. The molecule has 0 aliphatic carbocycles. The second kappa shape index (κ2) is 30.0. The predicted molar refractivity (Wildman–Crippen MR) is 10.8 cm³/mol. The van der Waals surface area contributed by atoms with Gasteiger partial charge in [0.05, 0.1) is 0 Å². The number of carboxylic acid groups (broad SMARTS) is 4. The molecule has 0 aromatic carbocycles. The van der Waals surface area contributed by atoms with Gasteiger partial charge in [-0.1, -0.05) is 0 Å². The van der Waals surface area contributed by atoms with Crippen LogP contribution in [0.5, 0.6) is 0 Å². The Hall–Kier alpha value is 0.566. The number of hydrogen-bond acceptors (Lipinski definition) is 6. The maximum Gasteiger partial charge on any atom is 2.00 e. The minimum atomic E-state index is -2.33. The molecule has 0 aliphatic heterocycles. The second-order valence-corrected chi connectivity index (χ2v) is 0.500. The van der Waals surface area contributed by atoms with Gasteiger partial charge in [-0.15, -0.1) is 0 Å². The van der Waals surface area contributed by atoms with E-state index in [1.807, 2.05) is 0 Å². The number of carbonyl (C=O) groups excluding carboxylic acids is 2. The standard InChI is InChI=1S/2CH2O3.2Mn.2Ni/c2*2-1(3)4;;;;/h2*(H2,2,3,4);;;;/q;;4*+2/p-4. The van der Waals surface area contributed by atoms with E-state index < -0.39 is 12.3 Å². The average molecular weight is 347 g/mol. The summed E-state index contributed by atoms with van der Waals surface area (Å²) in [6, 6.07) is 0. The van der Waals surface area contributed by atoms with Crippen molar-refractivity contribution in [1.82, 2.24) is 0 Å². The van der Waals surface area contributed by atoms with Crippen LogP contribution in [0.2, 0.25) is 0 Å². The largest absolute Gasteiger partial charge is 2.00 e. The molecule has 0 atom stereocenters. The predicted octanol–water partition coefficient (Wildman–Crippen LogP) is -4.90. The molecule has 0 aromatic rings. The third-order valence-electron chi connectivity index (χ3n) is 0. The molecule has 0 bridgehead atoms. The number of rotatable bonds is 0. The van der Waals surface area contributed by atoms with E-state index in [0.717, 1.165) is 0 Å². The summed E-state index contributed by atoms with van der Waals surface area (Å²) in [6.07, 6.45) is -4.67. The van der Waals surface area contributed by atoms with Crippen LogP contribution in [0.15, 0.2) is 0 Å².